The van der Waals surface area contributed by atoms with Gasteiger partial charge in [0, 0.05) is 19.1 Å². The number of ether oxygens (including phenoxy) is 1. The number of aliphatic hydroxyl groups is 1. The van der Waals surface area contributed by atoms with Crippen LogP contribution < -0.4 is 20.7 Å². The maximum absolute atomic E-state index is 13.8. The highest BCUT2D eigenvalue weighted by Crippen LogP contribution is 2.22. The van der Waals surface area contributed by atoms with Gasteiger partial charge in [-0.05, 0) is 67.7 Å². The third-order valence-electron chi connectivity index (χ3n) is 8.41. The Balaban J connectivity index is 1.52. The normalized spacial score (nSPS) is 15.8. The van der Waals surface area contributed by atoms with Crippen LogP contribution in [-0.4, -0.2) is 71.8 Å². The van der Waals surface area contributed by atoms with Gasteiger partial charge in [-0.15, -0.1) is 0 Å². The molecule has 0 saturated carbocycles. The molecule has 3 aromatic rings. The first-order chi connectivity index (χ1) is 22.1. The summed E-state index contributed by atoms with van der Waals surface area (Å²) in [7, 11) is 0. The summed E-state index contributed by atoms with van der Waals surface area (Å²) in [5.41, 5.74) is 3.84. The first kappa shape index (κ1) is 34.5. The van der Waals surface area contributed by atoms with Crippen molar-refractivity contribution in [2.45, 2.75) is 77.6 Å². The van der Waals surface area contributed by atoms with Gasteiger partial charge >= 0.3 is 6.03 Å². The second-order valence-corrected chi connectivity index (χ2v) is 12.5. The highest BCUT2D eigenvalue weighted by atomic mass is 16.5. The summed E-state index contributed by atoms with van der Waals surface area (Å²) >= 11 is 0. The molecule has 0 radical (unpaired) electrons. The Morgan fingerprint density at radius 1 is 0.891 bits per heavy atom. The molecule has 246 valence electrons. The second kappa shape index (κ2) is 16.8. The monoisotopic (exact) mass is 628 g/mol. The fraction of sp³-hybridized carbons (Fsp3) is 0.432. The summed E-state index contributed by atoms with van der Waals surface area (Å²) in [6.07, 6.45) is 0.831. The van der Waals surface area contributed by atoms with E-state index in [-0.39, 0.29) is 36.8 Å². The zero-order valence-electron chi connectivity index (χ0n) is 27.4. The standard InChI is InChI=1S/C37H48N4O5/c1-25(2)34(41-20-12-19-38-37(41)45)36(44)39-30(21-28-15-7-5-8-16-28)23-32(42)31(22-29-17-9-6-10-18-29)40-33(43)24-46-35-26(3)13-11-14-27(35)4/h5-11,13-18,25,30-32,34,42H,12,19-24H2,1-4H3,(H,38,45)(H,39,44)(H,40,43)/t30-,31-,32?,34-/m0/s1. The van der Waals surface area contributed by atoms with Gasteiger partial charge in [-0.25, -0.2) is 4.79 Å². The minimum atomic E-state index is -0.992. The summed E-state index contributed by atoms with van der Waals surface area (Å²) in [6.45, 7) is 8.63. The van der Waals surface area contributed by atoms with Crippen molar-refractivity contribution in [3.8, 4) is 5.75 Å². The molecule has 0 aromatic heterocycles. The average molecular weight is 629 g/mol. The van der Waals surface area contributed by atoms with Crippen LogP contribution >= 0.6 is 0 Å². The van der Waals surface area contributed by atoms with E-state index >= 15 is 0 Å². The predicted molar refractivity (Wildman–Crippen MR) is 180 cm³/mol. The Bertz CT molecular complexity index is 1410. The zero-order valence-corrected chi connectivity index (χ0v) is 27.4. The maximum atomic E-state index is 13.8. The second-order valence-electron chi connectivity index (χ2n) is 12.5. The SMILES string of the molecule is Cc1cccc(C)c1OCC(=O)N[C@@H](Cc1ccccc1)C(O)C[C@H](Cc1ccccc1)NC(=O)[C@H](C(C)C)N1CCCNC1=O. The third-order valence-corrected chi connectivity index (χ3v) is 8.41. The number of hydrogen-bond donors (Lipinski definition) is 4. The van der Waals surface area contributed by atoms with Crippen molar-refractivity contribution < 1.29 is 24.2 Å². The molecule has 0 aliphatic carbocycles. The van der Waals surface area contributed by atoms with E-state index in [4.69, 9.17) is 4.74 Å². The van der Waals surface area contributed by atoms with Crippen molar-refractivity contribution in [1.82, 2.24) is 20.9 Å². The molecule has 1 heterocycles. The lowest BCUT2D eigenvalue weighted by Gasteiger charge is -2.37. The van der Waals surface area contributed by atoms with Gasteiger partial charge in [0.15, 0.2) is 6.61 Å². The lowest BCUT2D eigenvalue weighted by molar-refractivity contribution is -0.128. The van der Waals surface area contributed by atoms with Gasteiger partial charge in [0.1, 0.15) is 11.8 Å². The van der Waals surface area contributed by atoms with E-state index < -0.39 is 24.2 Å². The first-order valence-electron chi connectivity index (χ1n) is 16.2. The zero-order chi connectivity index (χ0) is 33.1. The summed E-state index contributed by atoms with van der Waals surface area (Å²) in [4.78, 5) is 41.3. The van der Waals surface area contributed by atoms with Gasteiger partial charge in [-0.3, -0.25) is 9.59 Å². The lowest BCUT2D eigenvalue weighted by Crippen LogP contribution is -2.59. The van der Waals surface area contributed by atoms with E-state index in [9.17, 15) is 19.5 Å². The van der Waals surface area contributed by atoms with Gasteiger partial charge in [0.2, 0.25) is 5.91 Å². The number of nitrogens with zero attached hydrogens (tertiary/aromatic N) is 1. The molecule has 4 N–H and O–H groups in total. The fourth-order valence-electron chi connectivity index (χ4n) is 6.12. The molecule has 1 unspecified atom stereocenters. The van der Waals surface area contributed by atoms with Crippen LogP contribution in [0.3, 0.4) is 0 Å². The topological polar surface area (TPSA) is 120 Å². The molecule has 1 saturated heterocycles. The number of nitrogens with one attached hydrogen (secondary N) is 3. The van der Waals surface area contributed by atoms with Gasteiger partial charge in [-0.1, -0.05) is 92.7 Å². The van der Waals surface area contributed by atoms with Crippen molar-refractivity contribution in [1.29, 1.82) is 0 Å². The summed E-state index contributed by atoms with van der Waals surface area (Å²) in [5.74, 6) is -0.0493. The number of carbonyl (C=O) groups excluding carboxylic acids is 3. The Labute approximate surface area is 272 Å². The minimum Gasteiger partial charge on any atom is -0.483 e. The average Bonchev–Trinajstić information content (AvgIpc) is 3.02. The number of aliphatic hydroxyl groups excluding tert-OH is 1. The predicted octanol–water partition coefficient (Wildman–Crippen LogP) is 4.33. The van der Waals surface area contributed by atoms with Crippen LogP contribution in [0.4, 0.5) is 4.79 Å². The van der Waals surface area contributed by atoms with Gasteiger partial charge in [-0.2, -0.15) is 0 Å². The van der Waals surface area contributed by atoms with Gasteiger partial charge < -0.3 is 30.7 Å². The van der Waals surface area contributed by atoms with Crippen LogP contribution in [-0.2, 0) is 22.4 Å². The quantitative estimate of drug-likeness (QED) is 0.200. The number of carbonyl (C=O) groups is 3. The van der Waals surface area contributed by atoms with Crippen LogP contribution in [0.25, 0.3) is 0 Å². The Kier molecular flexibility index (Phi) is 12.6. The van der Waals surface area contributed by atoms with E-state index in [1.807, 2.05) is 107 Å². The number of benzene rings is 3. The van der Waals surface area contributed by atoms with E-state index in [1.54, 1.807) is 4.90 Å². The molecule has 9 heteroatoms. The Hall–Kier alpha value is -4.37. The molecular weight excluding hydrogens is 580 g/mol. The number of urea groups is 1. The van der Waals surface area contributed by atoms with E-state index in [0.717, 1.165) is 28.7 Å². The molecule has 4 atom stereocenters. The summed E-state index contributed by atoms with van der Waals surface area (Å²) < 4.78 is 5.90. The smallest absolute Gasteiger partial charge is 0.318 e. The highest BCUT2D eigenvalue weighted by Gasteiger charge is 2.35. The van der Waals surface area contributed by atoms with E-state index in [0.29, 0.717) is 31.7 Å². The highest BCUT2D eigenvalue weighted by molar-refractivity contribution is 5.87. The number of rotatable bonds is 15. The lowest BCUT2D eigenvalue weighted by atomic mass is 9.92. The van der Waals surface area contributed by atoms with Crippen LogP contribution in [0.2, 0.25) is 0 Å². The maximum Gasteiger partial charge on any atom is 0.318 e. The molecule has 3 aromatic carbocycles. The van der Waals surface area contributed by atoms with Crippen LogP contribution in [0.15, 0.2) is 78.9 Å². The van der Waals surface area contributed by atoms with Gasteiger partial charge in [0.05, 0.1) is 12.1 Å². The van der Waals surface area contributed by atoms with Gasteiger partial charge in [0.25, 0.3) is 5.91 Å². The largest absolute Gasteiger partial charge is 0.483 e. The Morgan fingerprint density at radius 3 is 2.09 bits per heavy atom. The number of aryl methyl sites for hydroxylation is 2. The molecule has 0 bridgehead atoms. The molecule has 0 spiro atoms. The molecule has 9 nitrogen and oxygen atoms in total. The summed E-state index contributed by atoms with van der Waals surface area (Å²) in [5, 5.41) is 20.7. The number of hydrogen-bond acceptors (Lipinski definition) is 5. The molecule has 46 heavy (non-hydrogen) atoms. The number of para-hydroxylation sites is 1. The molecule has 1 aliphatic heterocycles. The van der Waals surface area contributed by atoms with Crippen molar-refractivity contribution in [3.63, 3.8) is 0 Å². The molecule has 1 fully saturated rings. The van der Waals surface area contributed by atoms with Crippen molar-refractivity contribution in [2.24, 2.45) is 5.92 Å². The molecule has 4 rings (SSSR count). The van der Waals surface area contributed by atoms with Crippen molar-refractivity contribution >= 4 is 17.8 Å². The van der Waals surface area contributed by atoms with E-state index in [2.05, 4.69) is 16.0 Å². The fourth-order valence-corrected chi connectivity index (χ4v) is 6.12. The van der Waals surface area contributed by atoms with E-state index in [1.165, 1.54) is 0 Å². The number of amides is 4. The molecule has 4 amide bonds. The van der Waals surface area contributed by atoms with Crippen LogP contribution in [0.5, 0.6) is 5.75 Å². The van der Waals surface area contributed by atoms with Crippen LogP contribution in [0.1, 0.15) is 48.9 Å². The minimum absolute atomic E-state index is 0.117. The molecular formula is C37H48N4O5. The molecule has 1 aliphatic rings. The van der Waals surface area contributed by atoms with Crippen molar-refractivity contribution in [2.75, 3.05) is 19.7 Å². The summed E-state index contributed by atoms with van der Waals surface area (Å²) in [6, 6.07) is 23.3. The van der Waals surface area contributed by atoms with Crippen LogP contribution in [0, 0.1) is 19.8 Å². The third kappa shape index (κ3) is 9.81. The van der Waals surface area contributed by atoms with Crippen molar-refractivity contribution in [3.05, 3.63) is 101 Å². The Morgan fingerprint density at radius 2 is 1.50 bits per heavy atom. The first-order valence-corrected chi connectivity index (χ1v) is 16.2.